The van der Waals surface area contributed by atoms with Crippen LogP contribution in [0.4, 0.5) is 0 Å². The number of carbonyl (C=O) groups excluding carboxylic acids is 2. The van der Waals surface area contributed by atoms with E-state index in [1.807, 2.05) is 36.4 Å². The molecule has 1 atom stereocenters. The van der Waals surface area contributed by atoms with E-state index in [1.165, 1.54) is 6.07 Å². The molecule has 0 spiro atoms. The molecule has 0 aliphatic carbocycles. The maximum Gasteiger partial charge on any atom is 0.279 e. The zero-order valence-electron chi connectivity index (χ0n) is 15.4. The lowest BCUT2D eigenvalue weighted by atomic mass is 10.1. The quantitative estimate of drug-likeness (QED) is 0.438. The maximum absolute atomic E-state index is 12.2. The minimum atomic E-state index is -0.782. The lowest BCUT2D eigenvalue weighted by Gasteiger charge is -2.16. The Morgan fingerprint density at radius 2 is 1.72 bits per heavy atom. The summed E-state index contributed by atoms with van der Waals surface area (Å²) >= 11 is 10.9. The summed E-state index contributed by atoms with van der Waals surface area (Å²) in [7, 11) is 0. The summed E-state index contributed by atoms with van der Waals surface area (Å²) in [4.78, 5) is 24.3. The third-order valence-electron chi connectivity index (χ3n) is 4.02. The molecule has 3 aromatic rings. The van der Waals surface area contributed by atoms with E-state index < -0.39 is 17.9 Å². The summed E-state index contributed by atoms with van der Waals surface area (Å²) in [5.41, 5.74) is 5.24. The van der Waals surface area contributed by atoms with E-state index in [1.54, 1.807) is 31.2 Å². The molecule has 3 rings (SSSR count). The van der Waals surface area contributed by atoms with Gasteiger partial charge in [0.2, 0.25) is 0 Å². The van der Waals surface area contributed by atoms with E-state index in [0.29, 0.717) is 16.3 Å². The van der Waals surface area contributed by atoms with Gasteiger partial charge in [-0.2, -0.15) is 0 Å². The van der Waals surface area contributed by atoms with Gasteiger partial charge in [-0.15, -0.1) is 0 Å². The van der Waals surface area contributed by atoms with Gasteiger partial charge in [-0.05, 0) is 60.2 Å². The molecule has 0 radical (unpaired) electrons. The molecule has 3 aromatic carbocycles. The average molecular weight is 428 g/mol. The van der Waals surface area contributed by atoms with Crippen LogP contribution >= 0.6 is 23.8 Å². The monoisotopic (exact) mass is 427 g/mol. The fraction of sp³-hybridized carbons (Fsp3) is 0.0952. The highest BCUT2D eigenvalue weighted by molar-refractivity contribution is 7.80. The third-order valence-corrected chi connectivity index (χ3v) is 4.46. The Bertz CT molecular complexity index is 1070. The number of hydrogen-bond acceptors (Lipinski definition) is 4. The lowest BCUT2D eigenvalue weighted by molar-refractivity contribution is -0.127. The van der Waals surface area contributed by atoms with Crippen LogP contribution in [0.25, 0.3) is 10.8 Å². The number of nitrogens with one attached hydrogen (secondary N) is 3. The third kappa shape index (κ3) is 5.66. The number of fused-ring (bicyclic) bond motifs is 1. The first kappa shape index (κ1) is 20.6. The summed E-state index contributed by atoms with van der Waals surface area (Å²) in [5.74, 6) is -0.319. The molecule has 0 heterocycles. The van der Waals surface area contributed by atoms with Crippen LogP contribution in [0.15, 0.2) is 66.7 Å². The first-order valence-corrected chi connectivity index (χ1v) is 9.53. The minimum Gasteiger partial charge on any atom is -0.481 e. The van der Waals surface area contributed by atoms with Gasteiger partial charge in [0.15, 0.2) is 11.2 Å². The van der Waals surface area contributed by atoms with E-state index in [0.717, 1.165) is 10.8 Å². The van der Waals surface area contributed by atoms with Crippen LogP contribution < -0.4 is 20.9 Å². The molecular weight excluding hydrogens is 410 g/mol. The van der Waals surface area contributed by atoms with Crippen molar-refractivity contribution < 1.29 is 14.3 Å². The predicted octanol–water partition coefficient (Wildman–Crippen LogP) is 3.60. The first-order valence-electron chi connectivity index (χ1n) is 8.74. The van der Waals surface area contributed by atoms with Gasteiger partial charge in [0, 0.05) is 10.6 Å². The fourth-order valence-corrected chi connectivity index (χ4v) is 2.89. The molecule has 0 saturated heterocycles. The zero-order valence-corrected chi connectivity index (χ0v) is 17.0. The lowest BCUT2D eigenvalue weighted by Crippen LogP contribution is -2.51. The molecule has 29 heavy (non-hydrogen) atoms. The molecule has 148 valence electrons. The van der Waals surface area contributed by atoms with Crippen molar-refractivity contribution in [2.45, 2.75) is 13.0 Å². The van der Waals surface area contributed by atoms with Crippen LogP contribution in [0.3, 0.4) is 0 Å². The predicted molar refractivity (Wildman–Crippen MR) is 117 cm³/mol. The smallest absolute Gasteiger partial charge is 0.279 e. The molecule has 2 amide bonds. The van der Waals surface area contributed by atoms with Gasteiger partial charge in [0.1, 0.15) is 5.75 Å². The molecule has 6 nitrogen and oxygen atoms in total. The van der Waals surface area contributed by atoms with Crippen molar-refractivity contribution in [3.8, 4) is 5.75 Å². The highest BCUT2D eigenvalue weighted by Gasteiger charge is 2.16. The second kappa shape index (κ2) is 9.36. The molecule has 0 saturated carbocycles. The highest BCUT2D eigenvalue weighted by atomic mass is 35.5. The van der Waals surface area contributed by atoms with Crippen LogP contribution in [0.2, 0.25) is 5.02 Å². The van der Waals surface area contributed by atoms with E-state index in [4.69, 9.17) is 28.6 Å². The number of hydrazine groups is 1. The normalized spacial score (nSPS) is 11.4. The van der Waals surface area contributed by atoms with Gasteiger partial charge in [-0.25, -0.2) is 0 Å². The van der Waals surface area contributed by atoms with Crippen LogP contribution in [0.1, 0.15) is 17.3 Å². The van der Waals surface area contributed by atoms with Crippen molar-refractivity contribution in [3.05, 3.63) is 77.3 Å². The Morgan fingerprint density at radius 1 is 0.966 bits per heavy atom. The van der Waals surface area contributed by atoms with E-state index in [-0.39, 0.29) is 5.11 Å². The Labute approximate surface area is 178 Å². The van der Waals surface area contributed by atoms with Crippen LogP contribution in [-0.4, -0.2) is 23.0 Å². The molecular formula is C21H18ClN3O3S. The number of hydrogen-bond donors (Lipinski definition) is 3. The van der Waals surface area contributed by atoms with Crippen molar-refractivity contribution in [1.29, 1.82) is 0 Å². The second-order valence-electron chi connectivity index (χ2n) is 6.18. The largest absolute Gasteiger partial charge is 0.481 e. The number of halogens is 1. The number of benzene rings is 3. The van der Waals surface area contributed by atoms with Gasteiger partial charge in [0.25, 0.3) is 11.8 Å². The zero-order chi connectivity index (χ0) is 20.8. The molecule has 3 N–H and O–H groups in total. The van der Waals surface area contributed by atoms with Crippen LogP contribution in [-0.2, 0) is 4.79 Å². The van der Waals surface area contributed by atoms with E-state index in [2.05, 4.69) is 16.2 Å². The molecule has 0 fully saturated rings. The van der Waals surface area contributed by atoms with Crippen molar-refractivity contribution in [2.24, 2.45) is 0 Å². The van der Waals surface area contributed by atoms with Crippen LogP contribution in [0.5, 0.6) is 5.75 Å². The summed E-state index contributed by atoms with van der Waals surface area (Å²) in [5, 5.41) is 4.93. The van der Waals surface area contributed by atoms with Gasteiger partial charge < -0.3 is 4.74 Å². The van der Waals surface area contributed by atoms with Crippen molar-refractivity contribution in [1.82, 2.24) is 16.2 Å². The van der Waals surface area contributed by atoms with E-state index in [9.17, 15) is 9.59 Å². The van der Waals surface area contributed by atoms with Gasteiger partial charge >= 0.3 is 0 Å². The number of thiocarbonyl (C=S) groups is 1. The van der Waals surface area contributed by atoms with Gasteiger partial charge in [-0.3, -0.25) is 25.8 Å². The second-order valence-corrected chi connectivity index (χ2v) is 7.02. The van der Waals surface area contributed by atoms with Gasteiger partial charge in [0.05, 0.1) is 0 Å². The molecule has 0 aromatic heterocycles. The van der Waals surface area contributed by atoms with E-state index >= 15 is 0 Å². The van der Waals surface area contributed by atoms with Crippen molar-refractivity contribution in [3.63, 3.8) is 0 Å². The summed E-state index contributed by atoms with van der Waals surface area (Å²) < 4.78 is 5.68. The van der Waals surface area contributed by atoms with Gasteiger partial charge in [-0.1, -0.05) is 48.0 Å². The first-order chi connectivity index (χ1) is 13.9. The molecule has 0 bridgehead atoms. The summed E-state index contributed by atoms with van der Waals surface area (Å²) in [6, 6.07) is 19.9. The number of carbonyl (C=O) groups is 2. The number of amides is 2. The highest BCUT2D eigenvalue weighted by Crippen LogP contribution is 2.21. The SMILES string of the molecule is CC(Oc1ccc2ccccc2c1)C(=O)NNC(=S)NC(=O)c1cccc(Cl)c1. The summed E-state index contributed by atoms with van der Waals surface area (Å²) in [6.45, 7) is 1.61. The van der Waals surface area contributed by atoms with Crippen molar-refractivity contribution in [2.75, 3.05) is 0 Å². The Hall–Kier alpha value is -3.16. The molecule has 0 aliphatic rings. The Morgan fingerprint density at radius 3 is 2.48 bits per heavy atom. The molecule has 1 unspecified atom stereocenters. The molecule has 8 heteroatoms. The number of rotatable bonds is 4. The fourth-order valence-electron chi connectivity index (χ4n) is 2.55. The Balaban J connectivity index is 1.50. The summed E-state index contributed by atoms with van der Waals surface area (Å²) in [6.07, 6.45) is -0.782. The molecule has 0 aliphatic heterocycles. The standard InChI is InChI=1S/C21H18ClN3O3S/c1-13(28-18-10-9-14-5-2-3-6-15(14)12-18)19(26)24-25-21(29)23-20(27)16-7-4-8-17(22)11-16/h2-13H,1H3,(H,24,26)(H2,23,25,27,29). The topological polar surface area (TPSA) is 79.5 Å². The number of ether oxygens (including phenoxy) is 1. The van der Waals surface area contributed by atoms with Crippen molar-refractivity contribution >= 4 is 51.5 Å². The Kier molecular flexibility index (Phi) is 6.64. The average Bonchev–Trinajstić information content (AvgIpc) is 2.71. The van der Waals surface area contributed by atoms with Crippen LogP contribution in [0, 0.1) is 0 Å². The minimum absolute atomic E-state index is 0.0544. The maximum atomic E-state index is 12.2.